The molecule has 3 atom stereocenters. The molecule has 0 amide bonds. The lowest BCUT2D eigenvalue weighted by Crippen LogP contribution is -2.32. The minimum Gasteiger partial charge on any atom is -0.393 e. The molecular formula is C18H32N2O. The van der Waals surface area contributed by atoms with E-state index in [4.69, 9.17) is 5.10 Å². The van der Waals surface area contributed by atoms with Gasteiger partial charge in [-0.15, -0.1) is 0 Å². The molecule has 1 aromatic heterocycles. The van der Waals surface area contributed by atoms with E-state index in [1.165, 1.54) is 6.42 Å². The first-order chi connectivity index (χ1) is 10.0. The Morgan fingerprint density at radius 3 is 2.62 bits per heavy atom. The maximum atomic E-state index is 10.3. The summed E-state index contributed by atoms with van der Waals surface area (Å²) in [6.07, 6.45) is 8.44. The Labute approximate surface area is 129 Å². The molecular weight excluding hydrogens is 260 g/mol. The van der Waals surface area contributed by atoms with Gasteiger partial charge in [-0.2, -0.15) is 5.10 Å². The molecule has 1 aliphatic carbocycles. The number of nitrogens with zero attached hydrogens (tertiary/aromatic N) is 2. The van der Waals surface area contributed by atoms with Crippen LogP contribution in [0.15, 0.2) is 12.3 Å². The first kappa shape index (κ1) is 16.5. The van der Waals surface area contributed by atoms with E-state index in [2.05, 4.69) is 44.6 Å². The fourth-order valence-electron chi connectivity index (χ4n) is 3.73. The van der Waals surface area contributed by atoms with Gasteiger partial charge < -0.3 is 5.11 Å². The molecule has 2 rings (SSSR count). The van der Waals surface area contributed by atoms with Crippen molar-refractivity contribution < 1.29 is 5.11 Å². The van der Waals surface area contributed by atoms with Gasteiger partial charge in [-0.1, -0.05) is 27.7 Å². The van der Waals surface area contributed by atoms with E-state index in [1.54, 1.807) is 0 Å². The Kier molecular flexibility index (Phi) is 5.86. The van der Waals surface area contributed by atoms with E-state index in [-0.39, 0.29) is 6.10 Å². The fourth-order valence-corrected chi connectivity index (χ4v) is 3.73. The molecule has 21 heavy (non-hydrogen) atoms. The lowest BCUT2D eigenvalue weighted by atomic mass is 9.73. The topological polar surface area (TPSA) is 38.0 Å². The van der Waals surface area contributed by atoms with Crippen molar-refractivity contribution in [1.82, 2.24) is 9.78 Å². The van der Waals surface area contributed by atoms with E-state index in [1.807, 2.05) is 0 Å². The van der Waals surface area contributed by atoms with Crippen LogP contribution >= 0.6 is 0 Å². The standard InChI is InChI=1S/C18H32N2O/c1-5-17(6-2)20-10-9-16(19-20)12-15-11-14(13(3)4)7-8-18(15)21/h9-10,13-15,17-18,21H,5-8,11-12H2,1-4H3. The van der Waals surface area contributed by atoms with Crippen LogP contribution in [0.5, 0.6) is 0 Å². The van der Waals surface area contributed by atoms with E-state index in [0.717, 1.165) is 49.6 Å². The lowest BCUT2D eigenvalue weighted by Gasteiger charge is -2.35. The van der Waals surface area contributed by atoms with Crippen LogP contribution in [0.25, 0.3) is 0 Å². The van der Waals surface area contributed by atoms with Crippen LogP contribution in [0.1, 0.15) is 71.5 Å². The van der Waals surface area contributed by atoms with Crippen LogP contribution in [-0.4, -0.2) is 21.0 Å². The number of rotatable bonds is 6. The van der Waals surface area contributed by atoms with Crippen LogP contribution in [0, 0.1) is 17.8 Å². The van der Waals surface area contributed by atoms with Crippen molar-refractivity contribution in [3.05, 3.63) is 18.0 Å². The van der Waals surface area contributed by atoms with E-state index < -0.39 is 0 Å². The number of aliphatic hydroxyl groups is 1. The van der Waals surface area contributed by atoms with Gasteiger partial charge in [0.2, 0.25) is 0 Å². The van der Waals surface area contributed by atoms with Crippen molar-refractivity contribution in [3.8, 4) is 0 Å². The molecule has 1 N–H and O–H groups in total. The van der Waals surface area contributed by atoms with Crippen molar-refractivity contribution >= 4 is 0 Å². The molecule has 120 valence electrons. The zero-order chi connectivity index (χ0) is 15.4. The molecule has 0 aliphatic heterocycles. The molecule has 1 heterocycles. The minimum atomic E-state index is -0.140. The van der Waals surface area contributed by atoms with Crippen LogP contribution < -0.4 is 0 Å². The maximum Gasteiger partial charge on any atom is 0.0628 e. The monoisotopic (exact) mass is 292 g/mol. The quantitative estimate of drug-likeness (QED) is 0.852. The highest BCUT2D eigenvalue weighted by atomic mass is 16.3. The summed E-state index contributed by atoms with van der Waals surface area (Å²) in [5.41, 5.74) is 1.15. The molecule has 0 bridgehead atoms. The van der Waals surface area contributed by atoms with E-state index in [0.29, 0.717) is 12.0 Å². The number of hydrogen-bond donors (Lipinski definition) is 1. The summed E-state index contributed by atoms with van der Waals surface area (Å²) in [5, 5.41) is 15.1. The van der Waals surface area contributed by atoms with Gasteiger partial charge in [-0.25, -0.2) is 0 Å². The van der Waals surface area contributed by atoms with Crippen LogP contribution in [0.3, 0.4) is 0 Å². The molecule has 1 fully saturated rings. The third-order valence-corrected chi connectivity index (χ3v) is 5.38. The predicted molar refractivity (Wildman–Crippen MR) is 87.2 cm³/mol. The molecule has 0 radical (unpaired) electrons. The Morgan fingerprint density at radius 2 is 2.00 bits per heavy atom. The molecule has 0 aromatic carbocycles. The van der Waals surface area contributed by atoms with Crippen molar-refractivity contribution in [2.24, 2.45) is 17.8 Å². The molecule has 0 spiro atoms. The minimum absolute atomic E-state index is 0.140. The van der Waals surface area contributed by atoms with Crippen molar-refractivity contribution in [3.63, 3.8) is 0 Å². The normalized spacial score (nSPS) is 26.7. The summed E-state index contributed by atoms with van der Waals surface area (Å²) in [6, 6.07) is 2.66. The van der Waals surface area contributed by atoms with Gasteiger partial charge in [0.1, 0.15) is 0 Å². The number of aliphatic hydroxyl groups excluding tert-OH is 1. The highest BCUT2D eigenvalue weighted by Gasteiger charge is 2.31. The van der Waals surface area contributed by atoms with Crippen LogP contribution in [0.4, 0.5) is 0 Å². The Bertz CT molecular complexity index is 423. The van der Waals surface area contributed by atoms with Crippen molar-refractivity contribution in [2.45, 2.75) is 78.4 Å². The zero-order valence-corrected chi connectivity index (χ0v) is 14.1. The van der Waals surface area contributed by atoms with Crippen molar-refractivity contribution in [1.29, 1.82) is 0 Å². The largest absolute Gasteiger partial charge is 0.393 e. The summed E-state index contributed by atoms with van der Waals surface area (Å²) >= 11 is 0. The Balaban J connectivity index is 1.99. The zero-order valence-electron chi connectivity index (χ0n) is 14.1. The van der Waals surface area contributed by atoms with Crippen molar-refractivity contribution in [2.75, 3.05) is 0 Å². The highest BCUT2D eigenvalue weighted by Crippen LogP contribution is 2.35. The molecule has 3 nitrogen and oxygen atoms in total. The predicted octanol–water partition coefficient (Wildman–Crippen LogP) is 4.22. The molecule has 0 saturated heterocycles. The molecule has 3 unspecified atom stereocenters. The van der Waals surface area contributed by atoms with E-state index >= 15 is 0 Å². The average molecular weight is 292 g/mol. The lowest BCUT2D eigenvalue weighted by molar-refractivity contribution is 0.0373. The number of hydrogen-bond acceptors (Lipinski definition) is 2. The summed E-state index contributed by atoms with van der Waals surface area (Å²) in [4.78, 5) is 0. The van der Waals surface area contributed by atoms with Gasteiger partial charge in [0.25, 0.3) is 0 Å². The Morgan fingerprint density at radius 1 is 1.29 bits per heavy atom. The van der Waals surface area contributed by atoms with Gasteiger partial charge in [-0.3, -0.25) is 4.68 Å². The SMILES string of the molecule is CCC(CC)n1ccc(CC2CC(C(C)C)CCC2O)n1. The first-order valence-electron chi connectivity index (χ1n) is 8.77. The summed E-state index contributed by atoms with van der Waals surface area (Å²) in [7, 11) is 0. The maximum absolute atomic E-state index is 10.3. The first-order valence-corrected chi connectivity index (χ1v) is 8.77. The van der Waals surface area contributed by atoms with Crippen LogP contribution in [0.2, 0.25) is 0 Å². The van der Waals surface area contributed by atoms with Gasteiger partial charge in [0.15, 0.2) is 0 Å². The second kappa shape index (κ2) is 7.44. The molecule has 1 aromatic rings. The third-order valence-electron chi connectivity index (χ3n) is 5.38. The van der Waals surface area contributed by atoms with Crippen LogP contribution in [-0.2, 0) is 6.42 Å². The second-order valence-electron chi connectivity index (χ2n) is 7.11. The molecule has 3 heteroatoms. The summed E-state index contributed by atoms with van der Waals surface area (Å²) < 4.78 is 2.12. The van der Waals surface area contributed by atoms with E-state index in [9.17, 15) is 5.11 Å². The number of aromatic nitrogens is 2. The third kappa shape index (κ3) is 4.09. The van der Waals surface area contributed by atoms with Gasteiger partial charge in [0.05, 0.1) is 17.8 Å². The van der Waals surface area contributed by atoms with Gasteiger partial charge in [0, 0.05) is 6.20 Å². The molecule has 1 saturated carbocycles. The average Bonchev–Trinajstić information content (AvgIpc) is 2.91. The molecule has 1 aliphatic rings. The van der Waals surface area contributed by atoms with Gasteiger partial charge >= 0.3 is 0 Å². The smallest absolute Gasteiger partial charge is 0.0628 e. The van der Waals surface area contributed by atoms with Gasteiger partial charge in [-0.05, 0) is 62.3 Å². The highest BCUT2D eigenvalue weighted by molar-refractivity contribution is 5.02. The second-order valence-corrected chi connectivity index (χ2v) is 7.11. The summed E-state index contributed by atoms with van der Waals surface area (Å²) in [6.45, 7) is 9.05. The Hall–Kier alpha value is -0.830. The summed E-state index contributed by atoms with van der Waals surface area (Å²) in [5.74, 6) is 1.87. The fraction of sp³-hybridized carbons (Fsp3) is 0.833.